The predicted octanol–water partition coefficient (Wildman–Crippen LogP) is -19.3. The van der Waals surface area contributed by atoms with Crippen LogP contribution in [0.15, 0.2) is 0 Å². The molecular formula is C55H94O45. The molecule has 9 aliphatic rings. The molecule has 0 spiro atoms. The second kappa shape index (κ2) is 35.9. The van der Waals surface area contributed by atoms with Crippen molar-refractivity contribution in [2.45, 2.75) is 270 Å². The maximum atomic E-state index is 11.5. The monoisotopic (exact) mass is 1470 g/mol. The van der Waals surface area contributed by atoms with Crippen LogP contribution < -0.4 is 0 Å². The van der Waals surface area contributed by atoms with Crippen LogP contribution in [-0.2, 0) is 85.3 Å². The summed E-state index contributed by atoms with van der Waals surface area (Å²) in [5.41, 5.74) is 0. The van der Waals surface area contributed by atoms with E-state index in [1.165, 1.54) is 7.11 Å². The van der Waals surface area contributed by atoms with Gasteiger partial charge in [0, 0.05) is 7.11 Å². The summed E-state index contributed by atoms with van der Waals surface area (Å²) in [6, 6.07) is 0. The number of hydrogen-bond acceptors (Lipinski definition) is 45. The summed E-state index contributed by atoms with van der Waals surface area (Å²) >= 11 is 0. The molecule has 45 heteroatoms. The third kappa shape index (κ3) is 16.9. The summed E-state index contributed by atoms with van der Waals surface area (Å²) in [5, 5.41) is 292. The van der Waals surface area contributed by atoms with E-state index in [4.69, 9.17) is 85.3 Å². The van der Waals surface area contributed by atoms with Crippen LogP contribution in [0.2, 0.25) is 0 Å². The Morgan fingerprint density at radius 2 is 0.360 bits per heavy atom. The first kappa shape index (κ1) is 82.3. The molecule has 9 aliphatic heterocycles. The fraction of sp³-hybridized carbons (Fsp3) is 1.00. The van der Waals surface area contributed by atoms with Crippen LogP contribution in [0.3, 0.4) is 0 Å². The van der Waals surface area contributed by atoms with Crippen molar-refractivity contribution in [3.8, 4) is 0 Å². The molecule has 0 amide bonds. The van der Waals surface area contributed by atoms with Crippen molar-refractivity contribution < 1.29 is 223 Å². The molecule has 0 aromatic carbocycles. The molecule has 9 rings (SSSR count). The van der Waals surface area contributed by atoms with Gasteiger partial charge in [-0.15, -0.1) is 0 Å². The molecule has 18 unspecified atom stereocenters. The van der Waals surface area contributed by atoms with Crippen LogP contribution in [0, 0.1) is 0 Å². The van der Waals surface area contributed by atoms with Crippen molar-refractivity contribution in [1.82, 2.24) is 0 Å². The van der Waals surface area contributed by atoms with Crippen LogP contribution >= 0.6 is 0 Å². The molecule has 0 aromatic rings. The summed E-state index contributed by atoms with van der Waals surface area (Å²) in [7, 11) is 1.17. The first-order valence-electron chi connectivity index (χ1n) is 32.0. The zero-order valence-corrected chi connectivity index (χ0v) is 52.9. The quantitative estimate of drug-likeness (QED) is 0.0382. The lowest BCUT2D eigenvalue weighted by atomic mass is 9.95. The van der Waals surface area contributed by atoms with Crippen LogP contribution in [0.5, 0.6) is 0 Å². The van der Waals surface area contributed by atoms with Gasteiger partial charge < -0.3 is 223 Å². The van der Waals surface area contributed by atoms with Gasteiger partial charge in [0.05, 0.1) is 66.1 Å². The highest BCUT2D eigenvalue weighted by molar-refractivity contribution is 5.02. The summed E-state index contributed by atoms with van der Waals surface area (Å²) in [6.45, 7) is -9.23. The smallest absolute Gasteiger partial charge is 0.187 e. The molecule has 45 nitrogen and oxygen atoms in total. The van der Waals surface area contributed by atoms with Gasteiger partial charge in [0.25, 0.3) is 0 Å². The standard InChI is InChI=1S/C55H94O45/c1-83-39-14(3-57)85-48(31(75)23(39)67)94-41-16(5-59)87-50(33(77)25(41)69)96-43-18(7-61)89-52(35(79)27(43)71)98-45-20(9-63)91-54(37(81)29(45)73)100-47-21(10-64)92-55(38(82)30(47)74)99-46-19(8-62)90-53(36(80)28(46)72)97-44-17(6-60)88-51(34(78)26(44)70)95-42-15(4-58)86-49(32(76)24(42)68)93-40-13(2-56)84-11-12(65)22(40)66/h12-82H,2-11H2,1H3/t12?,13?,14?,15?,16?,17?,18?,19?,20?,21?,22-,23-,24-,25-,26-,27-,28-,29-,30-,31?,32?,33?,34?,35?,36?,37?,38?,39-,40-,41-,42-,43-,44-,45-,46-,47-,48-,49+,50-,51-,52-,53-,54-,55-/m1/s1. The minimum Gasteiger partial charge on any atom is -0.394 e. The van der Waals surface area contributed by atoms with Crippen molar-refractivity contribution in [2.24, 2.45) is 0 Å². The average molecular weight is 1480 g/mol. The third-order valence-corrected chi connectivity index (χ3v) is 18.9. The molecule has 0 aliphatic carbocycles. The third-order valence-electron chi connectivity index (χ3n) is 18.9. The van der Waals surface area contributed by atoms with Gasteiger partial charge in [-0.3, -0.25) is 0 Å². The minimum absolute atomic E-state index is 0.386. The van der Waals surface area contributed by atoms with E-state index in [2.05, 4.69) is 0 Å². The van der Waals surface area contributed by atoms with E-state index in [9.17, 15) is 138 Å². The van der Waals surface area contributed by atoms with E-state index < -0.39 is 330 Å². The average Bonchev–Trinajstić information content (AvgIpc) is 0.780. The van der Waals surface area contributed by atoms with Crippen LogP contribution in [-0.4, -0.2) is 481 Å². The molecule has 0 bridgehead atoms. The largest absolute Gasteiger partial charge is 0.394 e. The highest BCUT2D eigenvalue weighted by Crippen LogP contribution is 2.40. The fourth-order valence-electron chi connectivity index (χ4n) is 13.2. The molecule has 44 atom stereocenters. The van der Waals surface area contributed by atoms with Crippen LogP contribution in [0.25, 0.3) is 0 Å². The Kier molecular flexibility index (Phi) is 29.6. The summed E-state index contributed by atoms with van der Waals surface area (Å²) < 4.78 is 101. The van der Waals surface area contributed by atoms with Crippen molar-refractivity contribution in [3.63, 3.8) is 0 Å². The first-order valence-corrected chi connectivity index (χ1v) is 32.0. The highest BCUT2D eigenvalue weighted by Gasteiger charge is 2.60. The van der Waals surface area contributed by atoms with E-state index >= 15 is 0 Å². The van der Waals surface area contributed by atoms with E-state index in [0.29, 0.717) is 0 Å². The topological polar surface area (TPSA) is 712 Å². The van der Waals surface area contributed by atoms with Crippen LogP contribution in [0.1, 0.15) is 0 Å². The molecule has 9 saturated heterocycles. The molecule has 0 saturated carbocycles. The highest BCUT2D eigenvalue weighted by atomic mass is 16.8. The zero-order valence-electron chi connectivity index (χ0n) is 52.9. The van der Waals surface area contributed by atoms with Gasteiger partial charge in [0.1, 0.15) is 220 Å². The minimum atomic E-state index is -2.29. The van der Waals surface area contributed by atoms with Crippen molar-refractivity contribution in [1.29, 1.82) is 0 Å². The van der Waals surface area contributed by atoms with Gasteiger partial charge in [-0.1, -0.05) is 0 Å². The Morgan fingerprint density at radius 1 is 0.210 bits per heavy atom. The number of hydrogen-bond donors (Lipinski definition) is 27. The van der Waals surface area contributed by atoms with E-state index in [-0.39, 0.29) is 6.61 Å². The van der Waals surface area contributed by atoms with Gasteiger partial charge in [-0.25, -0.2) is 0 Å². The van der Waals surface area contributed by atoms with Gasteiger partial charge in [0.15, 0.2) is 50.3 Å². The molecule has 0 aromatic heterocycles. The van der Waals surface area contributed by atoms with Gasteiger partial charge in [0.2, 0.25) is 0 Å². The zero-order chi connectivity index (χ0) is 73.2. The van der Waals surface area contributed by atoms with Crippen LogP contribution in [0.4, 0.5) is 0 Å². The van der Waals surface area contributed by atoms with Crippen molar-refractivity contribution in [2.75, 3.05) is 73.2 Å². The van der Waals surface area contributed by atoms with Gasteiger partial charge in [-0.05, 0) is 0 Å². The number of aliphatic hydroxyl groups is 27. The second-order valence-corrected chi connectivity index (χ2v) is 25.3. The first-order chi connectivity index (χ1) is 47.6. The summed E-state index contributed by atoms with van der Waals surface area (Å²) in [5.74, 6) is 0. The maximum Gasteiger partial charge on any atom is 0.187 e. The Bertz CT molecular complexity index is 2420. The van der Waals surface area contributed by atoms with Crippen molar-refractivity contribution in [3.05, 3.63) is 0 Å². The molecular weight excluding hydrogens is 1380 g/mol. The molecule has 9 fully saturated rings. The van der Waals surface area contributed by atoms with E-state index in [0.717, 1.165) is 0 Å². The maximum absolute atomic E-state index is 11.5. The lowest BCUT2D eigenvalue weighted by Crippen LogP contribution is -2.68. The Hall–Kier alpha value is -1.80. The van der Waals surface area contributed by atoms with Gasteiger partial charge >= 0.3 is 0 Å². The number of ether oxygens (including phenoxy) is 18. The summed E-state index contributed by atoms with van der Waals surface area (Å²) in [4.78, 5) is 0. The van der Waals surface area contributed by atoms with E-state index in [1.807, 2.05) is 0 Å². The molecule has 100 heavy (non-hydrogen) atoms. The Morgan fingerprint density at radius 3 is 0.520 bits per heavy atom. The predicted molar refractivity (Wildman–Crippen MR) is 301 cm³/mol. The van der Waals surface area contributed by atoms with E-state index in [1.54, 1.807) is 0 Å². The SMILES string of the molecule is CO[C@@H]1C(CO)O[C@H](O[C@@H]2C(CO)O[C@H](O[C@@H]3C(CO)O[C@H](O[C@@H]4C(CO)O[C@H](O[C@@H]5C(CO)O[C@H](O[C@@H]6C(CO)O[C@H](O[C@@H]7C(CO)O[C@H](O[C@@H]8C(CO)O[C@@H](O[C@@H]9C(CO)OCC(O)[C@H]9O)C(O)[C@H]8O)C(O)[C@H]7O)C(O)[C@H]6O)C(O)[C@H]5O)C(O)[C@H]4O)C(O)[C@H]3O)C(O)[C@H]2O)C(O)[C@H]1O. The Balaban J connectivity index is 0.771. The molecule has 27 N–H and O–H groups in total. The normalized spacial score (nSPS) is 52.9. The Labute approximate surface area is 565 Å². The molecule has 584 valence electrons. The molecule has 9 heterocycles. The number of aliphatic hydroxyl groups excluding tert-OH is 27. The summed E-state index contributed by atoms with van der Waals surface area (Å²) in [6.07, 6.45) is -84.2. The molecule has 0 radical (unpaired) electrons. The van der Waals surface area contributed by atoms with Gasteiger partial charge in [-0.2, -0.15) is 0 Å². The number of rotatable bonds is 26. The second-order valence-electron chi connectivity index (χ2n) is 25.3. The fourth-order valence-corrected chi connectivity index (χ4v) is 13.2. The lowest BCUT2D eigenvalue weighted by Gasteiger charge is -2.50. The lowest BCUT2D eigenvalue weighted by molar-refractivity contribution is -0.399. The number of methoxy groups -OCH3 is 1. The van der Waals surface area contributed by atoms with Crippen molar-refractivity contribution >= 4 is 0 Å².